The lowest BCUT2D eigenvalue weighted by Gasteiger charge is -2.01. The third-order valence-electron chi connectivity index (χ3n) is 2.93. The van der Waals surface area contributed by atoms with Crippen LogP contribution in [0.4, 0.5) is 0 Å². The van der Waals surface area contributed by atoms with Crippen LogP contribution in [0, 0.1) is 0 Å². The van der Waals surface area contributed by atoms with Crippen molar-refractivity contribution < 1.29 is 20.4 Å². The molecule has 25 heavy (non-hydrogen) atoms. The van der Waals surface area contributed by atoms with Crippen LogP contribution in [-0.4, -0.2) is 44.3 Å². The number of aromatic hydroxyl groups is 4. The number of rotatable bonds is 4. The normalized spacial score (nSPS) is 12.1. The number of amidine groups is 1. The van der Waals surface area contributed by atoms with Crippen molar-refractivity contribution in [1.82, 2.24) is 5.43 Å². The fraction of sp³-hybridized carbons (Fsp3) is 0.0625. The Kier molecular flexibility index (Phi) is 6.24. The second-order valence-electron chi connectivity index (χ2n) is 4.71. The van der Waals surface area contributed by atoms with Gasteiger partial charge in [0.1, 0.15) is 23.0 Å². The first-order valence-electron chi connectivity index (χ1n) is 6.97. The predicted molar refractivity (Wildman–Crippen MR) is 98.8 cm³/mol. The van der Waals surface area contributed by atoms with E-state index in [1.165, 1.54) is 60.6 Å². The fourth-order valence-electron chi connectivity index (χ4n) is 1.69. The molecule has 2 aromatic rings. The van der Waals surface area contributed by atoms with E-state index in [-0.39, 0.29) is 23.0 Å². The molecule has 2 aromatic carbocycles. The molecule has 8 nitrogen and oxygen atoms in total. The molecule has 0 atom stereocenters. The van der Waals surface area contributed by atoms with Gasteiger partial charge in [-0.25, -0.2) is 0 Å². The molecule has 0 unspecified atom stereocenters. The molecule has 0 saturated heterocycles. The standard InChI is InChI=1S/C16H16N4O4S/c1-25-16(19-17-8-10-2-4-12(21)6-14(10)23)20-18-9-11-3-5-13(22)7-15(11)24/h2-9,21-24H,1H3,(H,19,20). The summed E-state index contributed by atoms with van der Waals surface area (Å²) in [7, 11) is 0. The first-order chi connectivity index (χ1) is 12.0. The van der Waals surface area contributed by atoms with Crippen molar-refractivity contribution >= 4 is 29.4 Å². The number of phenols is 4. The van der Waals surface area contributed by atoms with Gasteiger partial charge in [-0.1, -0.05) is 11.8 Å². The lowest BCUT2D eigenvalue weighted by atomic mass is 10.2. The van der Waals surface area contributed by atoms with Crippen LogP contribution in [0.2, 0.25) is 0 Å². The topological polar surface area (TPSA) is 130 Å². The lowest BCUT2D eigenvalue weighted by molar-refractivity contribution is 0.449. The molecule has 0 spiro atoms. The number of hydrogen-bond donors (Lipinski definition) is 5. The molecule has 0 amide bonds. The van der Waals surface area contributed by atoms with Gasteiger partial charge in [0.25, 0.3) is 0 Å². The van der Waals surface area contributed by atoms with Gasteiger partial charge in [-0.3, -0.25) is 5.43 Å². The van der Waals surface area contributed by atoms with Crippen LogP contribution in [0.3, 0.4) is 0 Å². The van der Waals surface area contributed by atoms with E-state index >= 15 is 0 Å². The number of nitrogens with one attached hydrogen (secondary N) is 1. The molecule has 9 heteroatoms. The Morgan fingerprint density at radius 1 is 0.920 bits per heavy atom. The number of hydrogen-bond acceptors (Lipinski definition) is 8. The number of thioether (sulfide) groups is 1. The molecule has 5 N–H and O–H groups in total. The summed E-state index contributed by atoms with van der Waals surface area (Å²) >= 11 is 1.26. The Balaban J connectivity index is 2.02. The molecule has 2 rings (SSSR count). The van der Waals surface area contributed by atoms with Gasteiger partial charge in [0.05, 0.1) is 12.4 Å². The number of benzene rings is 2. The van der Waals surface area contributed by atoms with Gasteiger partial charge in [-0.05, 0) is 30.5 Å². The summed E-state index contributed by atoms with van der Waals surface area (Å²) in [6, 6.07) is 8.28. The Labute approximate surface area is 147 Å². The van der Waals surface area contributed by atoms with E-state index in [9.17, 15) is 20.4 Å². The lowest BCUT2D eigenvalue weighted by Crippen LogP contribution is -2.13. The van der Waals surface area contributed by atoms with Crippen molar-refractivity contribution in [3.8, 4) is 23.0 Å². The Morgan fingerprint density at radius 2 is 1.48 bits per heavy atom. The summed E-state index contributed by atoms with van der Waals surface area (Å²) in [5, 5.41) is 49.8. The number of nitrogens with zero attached hydrogens (tertiary/aromatic N) is 3. The monoisotopic (exact) mass is 360 g/mol. The maximum atomic E-state index is 9.65. The quantitative estimate of drug-likeness (QED) is 0.323. The molecule has 130 valence electrons. The molecule has 0 radical (unpaired) electrons. The minimum Gasteiger partial charge on any atom is -0.508 e. The highest BCUT2D eigenvalue weighted by Crippen LogP contribution is 2.21. The second-order valence-corrected chi connectivity index (χ2v) is 5.51. The van der Waals surface area contributed by atoms with Gasteiger partial charge < -0.3 is 20.4 Å². The van der Waals surface area contributed by atoms with Crippen LogP contribution in [0.15, 0.2) is 51.7 Å². The number of phenolic OH excluding ortho intramolecular Hbond substituents is 4. The maximum absolute atomic E-state index is 9.65. The molecule has 0 fully saturated rings. The highest BCUT2D eigenvalue weighted by atomic mass is 32.2. The van der Waals surface area contributed by atoms with Gasteiger partial charge in [-0.2, -0.15) is 10.2 Å². The zero-order valence-electron chi connectivity index (χ0n) is 13.2. The highest BCUT2D eigenvalue weighted by Gasteiger charge is 2.00. The van der Waals surface area contributed by atoms with Crippen molar-refractivity contribution in [2.45, 2.75) is 0 Å². The molecular weight excluding hydrogens is 344 g/mol. The summed E-state index contributed by atoms with van der Waals surface area (Å²) in [6.07, 6.45) is 4.48. The van der Waals surface area contributed by atoms with Crippen molar-refractivity contribution in [2.75, 3.05) is 6.26 Å². The van der Waals surface area contributed by atoms with Crippen LogP contribution < -0.4 is 5.43 Å². The van der Waals surface area contributed by atoms with Gasteiger partial charge in [0, 0.05) is 23.3 Å². The first-order valence-corrected chi connectivity index (χ1v) is 8.20. The van der Waals surface area contributed by atoms with Crippen LogP contribution in [0.5, 0.6) is 23.0 Å². The van der Waals surface area contributed by atoms with E-state index in [1.807, 2.05) is 0 Å². The summed E-state index contributed by atoms with van der Waals surface area (Å²) in [5.41, 5.74) is 3.48. The zero-order valence-corrected chi connectivity index (χ0v) is 14.0. The molecular formula is C16H16N4O4S. The minimum atomic E-state index is -0.113. The van der Waals surface area contributed by atoms with Gasteiger partial charge >= 0.3 is 0 Å². The third-order valence-corrected chi connectivity index (χ3v) is 3.49. The molecule has 0 heterocycles. The van der Waals surface area contributed by atoms with Crippen LogP contribution in [0.25, 0.3) is 0 Å². The van der Waals surface area contributed by atoms with Crippen molar-refractivity contribution in [2.24, 2.45) is 15.3 Å². The molecule has 0 aliphatic rings. The van der Waals surface area contributed by atoms with Crippen LogP contribution in [-0.2, 0) is 0 Å². The summed E-state index contributed by atoms with van der Waals surface area (Å²) in [5.74, 6) is -0.301. The molecule has 0 aliphatic carbocycles. The van der Waals surface area contributed by atoms with E-state index in [1.54, 1.807) is 6.26 Å². The van der Waals surface area contributed by atoms with Crippen LogP contribution >= 0.6 is 11.8 Å². The van der Waals surface area contributed by atoms with E-state index in [0.29, 0.717) is 16.3 Å². The van der Waals surface area contributed by atoms with Gasteiger partial charge in [-0.15, -0.1) is 5.10 Å². The average Bonchev–Trinajstić information content (AvgIpc) is 2.57. The van der Waals surface area contributed by atoms with E-state index < -0.39 is 0 Å². The fourth-order valence-corrected chi connectivity index (χ4v) is 1.96. The third kappa shape index (κ3) is 5.43. The first kappa shape index (κ1) is 18.1. The van der Waals surface area contributed by atoms with Crippen molar-refractivity contribution in [1.29, 1.82) is 0 Å². The maximum Gasteiger partial charge on any atom is 0.203 e. The second kappa shape index (κ2) is 8.60. The van der Waals surface area contributed by atoms with Gasteiger partial charge in [0.15, 0.2) is 0 Å². The zero-order chi connectivity index (χ0) is 18.2. The van der Waals surface area contributed by atoms with E-state index in [2.05, 4.69) is 20.7 Å². The van der Waals surface area contributed by atoms with E-state index in [0.717, 1.165) is 0 Å². The largest absolute Gasteiger partial charge is 0.508 e. The SMILES string of the molecule is CSC(=NN=Cc1ccc(O)cc1O)NN=Cc1ccc(O)cc1O. The number of hydrazone groups is 1. The summed E-state index contributed by atoms with van der Waals surface area (Å²) in [4.78, 5) is 0. The Hall–Kier alpha value is -3.20. The summed E-state index contributed by atoms with van der Waals surface area (Å²) < 4.78 is 0. The van der Waals surface area contributed by atoms with E-state index in [4.69, 9.17) is 0 Å². The molecule has 0 aliphatic heterocycles. The Morgan fingerprint density at radius 3 is 2.00 bits per heavy atom. The molecule has 0 saturated carbocycles. The van der Waals surface area contributed by atoms with Gasteiger partial charge in [0.2, 0.25) is 5.17 Å². The predicted octanol–water partition coefficient (Wildman–Crippen LogP) is 2.19. The Bertz CT molecular complexity index is 837. The molecule has 0 aromatic heterocycles. The minimum absolute atomic E-state index is 0.0409. The summed E-state index contributed by atoms with van der Waals surface area (Å²) in [6.45, 7) is 0. The average molecular weight is 360 g/mol. The van der Waals surface area contributed by atoms with Crippen molar-refractivity contribution in [3.63, 3.8) is 0 Å². The van der Waals surface area contributed by atoms with Crippen molar-refractivity contribution in [3.05, 3.63) is 47.5 Å². The van der Waals surface area contributed by atoms with Crippen LogP contribution in [0.1, 0.15) is 11.1 Å². The highest BCUT2D eigenvalue weighted by molar-refractivity contribution is 8.13. The smallest absolute Gasteiger partial charge is 0.203 e. The molecule has 0 bridgehead atoms.